The third-order valence-electron chi connectivity index (χ3n) is 4.62. The number of ether oxygens (including phenoxy) is 1. The Morgan fingerprint density at radius 1 is 1.11 bits per heavy atom. The van der Waals surface area contributed by atoms with Crippen LogP contribution >= 0.6 is 0 Å². The molecule has 144 valence electrons. The summed E-state index contributed by atoms with van der Waals surface area (Å²) >= 11 is 0. The average molecular weight is 379 g/mol. The highest BCUT2D eigenvalue weighted by atomic mass is 19.4. The fourth-order valence-electron chi connectivity index (χ4n) is 3.02. The van der Waals surface area contributed by atoms with Crippen molar-refractivity contribution in [3.05, 3.63) is 53.2 Å². The lowest BCUT2D eigenvalue weighted by Gasteiger charge is -2.35. The Hall–Kier alpha value is -2.77. The SMILES string of the molecule is COc1cc(C(=O)N2CCN(c3ccc(C(F)(F)F)cn3)CC2)ccc1C. The van der Waals surface area contributed by atoms with Crippen LogP contribution in [0.2, 0.25) is 0 Å². The minimum Gasteiger partial charge on any atom is -0.496 e. The molecule has 27 heavy (non-hydrogen) atoms. The van der Waals surface area contributed by atoms with E-state index in [0.717, 1.165) is 17.8 Å². The molecule has 1 aliphatic heterocycles. The zero-order chi connectivity index (χ0) is 19.6. The molecule has 1 fully saturated rings. The van der Waals surface area contributed by atoms with Crippen LogP contribution in [0.15, 0.2) is 36.5 Å². The lowest BCUT2D eigenvalue weighted by molar-refractivity contribution is -0.137. The number of aromatic nitrogens is 1. The highest BCUT2D eigenvalue weighted by Gasteiger charge is 2.31. The van der Waals surface area contributed by atoms with Gasteiger partial charge in [-0.15, -0.1) is 0 Å². The molecule has 1 amide bonds. The van der Waals surface area contributed by atoms with Gasteiger partial charge in [0.25, 0.3) is 5.91 Å². The zero-order valence-electron chi connectivity index (χ0n) is 15.1. The van der Waals surface area contributed by atoms with Crippen molar-refractivity contribution >= 4 is 11.7 Å². The van der Waals surface area contributed by atoms with E-state index in [0.29, 0.717) is 43.3 Å². The number of pyridine rings is 1. The first-order valence-electron chi connectivity index (χ1n) is 8.51. The Balaban J connectivity index is 1.64. The smallest absolute Gasteiger partial charge is 0.417 e. The lowest BCUT2D eigenvalue weighted by Crippen LogP contribution is -2.49. The van der Waals surface area contributed by atoms with Crippen molar-refractivity contribution in [2.24, 2.45) is 0 Å². The Labute approximate surface area is 155 Å². The van der Waals surface area contributed by atoms with E-state index in [9.17, 15) is 18.0 Å². The van der Waals surface area contributed by atoms with Gasteiger partial charge in [0.1, 0.15) is 11.6 Å². The maximum absolute atomic E-state index is 12.7. The lowest BCUT2D eigenvalue weighted by atomic mass is 10.1. The topological polar surface area (TPSA) is 45.7 Å². The van der Waals surface area contributed by atoms with Crippen LogP contribution in [0.5, 0.6) is 5.75 Å². The Kier molecular flexibility index (Phi) is 5.25. The van der Waals surface area contributed by atoms with Gasteiger partial charge in [-0.3, -0.25) is 4.79 Å². The van der Waals surface area contributed by atoms with E-state index in [-0.39, 0.29) is 5.91 Å². The second-order valence-corrected chi connectivity index (χ2v) is 6.37. The second kappa shape index (κ2) is 7.46. The zero-order valence-corrected chi connectivity index (χ0v) is 15.1. The molecule has 1 aromatic carbocycles. The van der Waals surface area contributed by atoms with E-state index >= 15 is 0 Å². The number of benzene rings is 1. The van der Waals surface area contributed by atoms with Gasteiger partial charge in [0.15, 0.2) is 0 Å². The predicted octanol–water partition coefficient (Wildman–Crippen LogP) is 3.38. The molecule has 0 atom stereocenters. The number of hydrogen-bond donors (Lipinski definition) is 0. The fraction of sp³-hybridized carbons (Fsp3) is 0.368. The molecule has 0 N–H and O–H groups in total. The first kappa shape index (κ1) is 19.0. The first-order valence-corrected chi connectivity index (χ1v) is 8.51. The number of halogens is 3. The number of carbonyl (C=O) groups is 1. The Morgan fingerprint density at radius 2 is 1.81 bits per heavy atom. The van der Waals surface area contributed by atoms with Crippen LogP contribution in [0.25, 0.3) is 0 Å². The highest BCUT2D eigenvalue weighted by molar-refractivity contribution is 5.95. The van der Waals surface area contributed by atoms with Crippen LogP contribution in [-0.4, -0.2) is 49.1 Å². The normalized spacial score (nSPS) is 15.0. The molecule has 8 heteroatoms. The Bertz CT molecular complexity index is 814. The minimum atomic E-state index is -4.40. The summed E-state index contributed by atoms with van der Waals surface area (Å²) in [5, 5.41) is 0. The van der Waals surface area contributed by atoms with Gasteiger partial charge >= 0.3 is 6.18 Å². The number of amides is 1. The van der Waals surface area contributed by atoms with Gasteiger partial charge in [-0.05, 0) is 36.8 Å². The Morgan fingerprint density at radius 3 is 2.37 bits per heavy atom. The van der Waals surface area contributed by atoms with Crippen LogP contribution in [0.1, 0.15) is 21.5 Å². The number of alkyl halides is 3. The van der Waals surface area contributed by atoms with E-state index in [1.807, 2.05) is 17.9 Å². The van der Waals surface area contributed by atoms with E-state index in [2.05, 4.69) is 4.98 Å². The quantitative estimate of drug-likeness (QED) is 0.820. The van der Waals surface area contributed by atoms with Crippen LogP contribution < -0.4 is 9.64 Å². The summed E-state index contributed by atoms with van der Waals surface area (Å²) in [5.41, 5.74) is 0.735. The number of rotatable bonds is 3. The number of hydrogen-bond acceptors (Lipinski definition) is 4. The monoisotopic (exact) mass is 379 g/mol. The van der Waals surface area contributed by atoms with Crippen LogP contribution in [0.4, 0.5) is 19.0 Å². The summed E-state index contributed by atoms with van der Waals surface area (Å²) in [5.74, 6) is 1.05. The van der Waals surface area contributed by atoms with Crippen molar-refractivity contribution in [3.8, 4) is 5.75 Å². The molecule has 0 unspecified atom stereocenters. The summed E-state index contributed by atoms with van der Waals surface area (Å²) < 4.78 is 43.2. The van der Waals surface area contributed by atoms with Crippen molar-refractivity contribution < 1.29 is 22.7 Å². The van der Waals surface area contributed by atoms with Crippen LogP contribution in [0.3, 0.4) is 0 Å². The molecule has 0 aliphatic carbocycles. The molecule has 2 heterocycles. The van der Waals surface area contributed by atoms with Crippen molar-refractivity contribution in [1.82, 2.24) is 9.88 Å². The van der Waals surface area contributed by atoms with E-state index < -0.39 is 11.7 Å². The molecular formula is C19H20F3N3O2. The number of nitrogens with zero attached hydrogens (tertiary/aromatic N) is 3. The van der Waals surface area contributed by atoms with E-state index in [1.54, 1.807) is 24.1 Å². The van der Waals surface area contributed by atoms with Crippen LogP contribution in [-0.2, 0) is 6.18 Å². The maximum Gasteiger partial charge on any atom is 0.417 e. The summed E-state index contributed by atoms with van der Waals surface area (Å²) in [7, 11) is 1.56. The van der Waals surface area contributed by atoms with Crippen LogP contribution in [0, 0.1) is 6.92 Å². The molecule has 0 spiro atoms. The predicted molar refractivity (Wildman–Crippen MR) is 95.1 cm³/mol. The van der Waals surface area contributed by atoms with Crippen molar-refractivity contribution in [1.29, 1.82) is 0 Å². The van der Waals surface area contributed by atoms with Gasteiger partial charge in [-0.1, -0.05) is 6.07 Å². The molecule has 1 aromatic heterocycles. The second-order valence-electron chi connectivity index (χ2n) is 6.37. The van der Waals surface area contributed by atoms with Crippen molar-refractivity contribution in [3.63, 3.8) is 0 Å². The van der Waals surface area contributed by atoms with E-state index in [1.165, 1.54) is 6.07 Å². The molecule has 3 rings (SSSR count). The molecule has 1 saturated heterocycles. The van der Waals surface area contributed by atoms with E-state index in [4.69, 9.17) is 4.74 Å². The molecule has 0 radical (unpaired) electrons. The van der Waals surface area contributed by atoms with Gasteiger partial charge in [-0.2, -0.15) is 13.2 Å². The standard InChI is InChI=1S/C19H20F3N3O2/c1-13-3-4-14(11-16(13)27-2)18(26)25-9-7-24(8-10-25)17-6-5-15(12-23-17)19(20,21)22/h3-6,11-12H,7-10H2,1-2H3. The molecule has 0 saturated carbocycles. The summed E-state index contributed by atoms with van der Waals surface area (Å²) in [6, 6.07) is 7.73. The van der Waals surface area contributed by atoms with Gasteiger partial charge in [0.05, 0.1) is 12.7 Å². The third kappa shape index (κ3) is 4.15. The van der Waals surface area contributed by atoms with Gasteiger partial charge < -0.3 is 14.5 Å². The third-order valence-corrected chi connectivity index (χ3v) is 4.62. The first-order chi connectivity index (χ1) is 12.8. The fourth-order valence-corrected chi connectivity index (χ4v) is 3.02. The number of carbonyl (C=O) groups excluding carboxylic acids is 1. The van der Waals surface area contributed by atoms with Crippen molar-refractivity contribution in [2.75, 3.05) is 38.2 Å². The number of anilines is 1. The summed E-state index contributed by atoms with van der Waals surface area (Å²) in [6.07, 6.45) is -3.56. The summed E-state index contributed by atoms with van der Waals surface area (Å²) in [4.78, 5) is 20.2. The van der Waals surface area contributed by atoms with Crippen molar-refractivity contribution in [2.45, 2.75) is 13.1 Å². The number of methoxy groups -OCH3 is 1. The van der Waals surface area contributed by atoms with Gasteiger partial charge in [0.2, 0.25) is 0 Å². The number of piperazine rings is 1. The van der Waals surface area contributed by atoms with Gasteiger partial charge in [0, 0.05) is 37.9 Å². The average Bonchev–Trinajstić information content (AvgIpc) is 2.67. The largest absolute Gasteiger partial charge is 0.496 e. The molecular weight excluding hydrogens is 359 g/mol. The molecule has 0 bridgehead atoms. The molecule has 1 aliphatic rings. The molecule has 2 aromatic rings. The maximum atomic E-state index is 12.7. The highest BCUT2D eigenvalue weighted by Crippen LogP contribution is 2.29. The molecule has 5 nitrogen and oxygen atoms in total. The number of aryl methyl sites for hydroxylation is 1. The van der Waals surface area contributed by atoms with Gasteiger partial charge in [-0.25, -0.2) is 4.98 Å². The summed E-state index contributed by atoms with van der Waals surface area (Å²) in [6.45, 7) is 3.86. The minimum absolute atomic E-state index is 0.0895.